The highest BCUT2D eigenvalue weighted by atomic mass is 16.5. The summed E-state index contributed by atoms with van der Waals surface area (Å²) < 4.78 is 4.84. The molecule has 1 rings (SSSR count). The van der Waals surface area contributed by atoms with Crippen LogP contribution >= 0.6 is 0 Å². The Bertz CT molecular complexity index is 589. The van der Waals surface area contributed by atoms with Gasteiger partial charge in [0.15, 0.2) is 5.82 Å². The monoisotopic (exact) mass is 324 g/mol. The van der Waals surface area contributed by atoms with E-state index in [-0.39, 0.29) is 18.4 Å². The highest BCUT2D eigenvalue weighted by Crippen LogP contribution is 2.13. The van der Waals surface area contributed by atoms with E-state index in [1.165, 1.54) is 11.9 Å². The molecule has 0 saturated heterocycles. The maximum Gasteiger partial charge on any atom is 0.245 e. The number of aromatic nitrogens is 1. The van der Waals surface area contributed by atoms with Crippen molar-refractivity contribution in [2.24, 2.45) is 5.41 Å². The van der Waals surface area contributed by atoms with Crippen LogP contribution in [0.2, 0.25) is 0 Å². The van der Waals surface area contributed by atoms with Crippen LogP contribution in [0.15, 0.2) is 10.6 Å². The number of rotatable bonds is 5. The van der Waals surface area contributed by atoms with Crippen molar-refractivity contribution in [1.29, 1.82) is 0 Å². The van der Waals surface area contributed by atoms with Gasteiger partial charge >= 0.3 is 0 Å². The highest BCUT2D eigenvalue weighted by molar-refractivity contribution is 5.95. The van der Waals surface area contributed by atoms with Crippen LogP contribution in [0.3, 0.4) is 0 Å². The predicted molar refractivity (Wildman–Crippen MR) is 84.6 cm³/mol. The van der Waals surface area contributed by atoms with E-state index in [2.05, 4.69) is 15.8 Å². The molecule has 1 aromatic heterocycles. The molecule has 23 heavy (non-hydrogen) atoms. The van der Waals surface area contributed by atoms with Gasteiger partial charge in [-0.1, -0.05) is 25.9 Å². The van der Waals surface area contributed by atoms with Crippen LogP contribution in [0.4, 0.5) is 5.82 Å². The largest absolute Gasteiger partial charge is 0.360 e. The maximum atomic E-state index is 12.2. The molecule has 0 saturated carbocycles. The van der Waals surface area contributed by atoms with E-state index in [9.17, 15) is 14.4 Å². The Morgan fingerprint density at radius 1 is 1.35 bits per heavy atom. The Morgan fingerprint density at radius 3 is 2.43 bits per heavy atom. The molecule has 0 aliphatic heterocycles. The number of carbonyl (C=O) groups excluding carboxylic acids is 3. The van der Waals surface area contributed by atoms with Crippen molar-refractivity contribution in [3.63, 3.8) is 0 Å². The Hall–Kier alpha value is -2.38. The van der Waals surface area contributed by atoms with Crippen LogP contribution in [0, 0.1) is 12.3 Å². The van der Waals surface area contributed by atoms with Gasteiger partial charge in [0.25, 0.3) is 0 Å². The lowest BCUT2D eigenvalue weighted by Gasteiger charge is -2.24. The van der Waals surface area contributed by atoms with Gasteiger partial charge in [-0.2, -0.15) is 0 Å². The normalized spacial score (nSPS) is 12.4. The van der Waals surface area contributed by atoms with Gasteiger partial charge in [0.1, 0.15) is 11.8 Å². The number of carbonyl (C=O) groups is 3. The Balaban J connectivity index is 2.52. The smallest absolute Gasteiger partial charge is 0.245 e. The molecular weight excluding hydrogens is 300 g/mol. The third kappa shape index (κ3) is 5.72. The molecule has 0 aliphatic carbocycles. The Labute approximate surface area is 135 Å². The number of likely N-dealkylation sites (N-methyl/N-ethyl adjacent to an activating group) is 1. The first-order chi connectivity index (χ1) is 10.5. The second-order valence-electron chi connectivity index (χ2n) is 6.51. The SMILES string of the molecule is Cc1cc(NC(=O)CN(C)C(=O)C(C)NC(=O)C(C)(C)C)no1. The fraction of sp³-hybridized carbons (Fsp3) is 0.600. The van der Waals surface area contributed by atoms with Crippen LogP contribution in [0.1, 0.15) is 33.5 Å². The second-order valence-corrected chi connectivity index (χ2v) is 6.51. The number of nitrogens with one attached hydrogen (secondary N) is 2. The number of aryl methyl sites for hydroxylation is 1. The fourth-order valence-corrected chi connectivity index (χ4v) is 1.71. The lowest BCUT2D eigenvalue weighted by atomic mass is 9.95. The van der Waals surface area contributed by atoms with E-state index in [0.29, 0.717) is 11.6 Å². The summed E-state index contributed by atoms with van der Waals surface area (Å²) in [5.74, 6) is -0.113. The molecule has 8 nitrogen and oxygen atoms in total. The van der Waals surface area contributed by atoms with Crippen molar-refractivity contribution in [2.45, 2.75) is 40.7 Å². The Kier molecular flexibility index (Phi) is 5.89. The lowest BCUT2D eigenvalue weighted by molar-refractivity contribution is -0.138. The molecule has 0 spiro atoms. The van der Waals surface area contributed by atoms with Crippen molar-refractivity contribution in [1.82, 2.24) is 15.4 Å². The number of nitrogens with zero attached hydrogens (tertiary/aromatic N) is 2. The zero-order valence-electron chi connectivity index (χ0n) is 14.4. The Morgan fingerprint density at radius 2 is 1.96 bits per heavy atom. The average molecular weight is 324 g/mol. The third-order valence-electron chi connectivity index (χ3n) is 3.05. The van der Waals surface area contributed by atoms with Gasteiger partial charge in [-0.15, -0.1) is 0 Å². The second kappa shape index (κ2) is 7.26. The summed E-state index contributed by atoms with van der Waals surface area (Å²) in [5, 5.41) is 8.81. The van der Waals surface area contributed by atoms with Gasteiger partial charge in [-0.05, 0) is 13.8 Å². The van der Waals surface area contributed by atoms with Gasteiger partial charge < -0.3 is 20.1 Å². The number of anilines is 1. The van der Waals surface area contributed by atoms with Crippen molar-refractivity contribution in [3.05, 3.63) is 11.8 Å². The molecule has 0 aliphatic rings. The predicted octanol–water partition coefficient (Wildman–Crippen LogP) is 0.931. The van der Waals surface area contributed by atoms with E-state index >= 15 is 0 Å². The fourth-order valence-electron chi connectivity index (χ4n) is 1.71. The van der Waals surface area contributed by atoms with E-state index in [4.69, 9.17) is 4.52 Å². The summed E-state index contributed by atoms with van der Waals surface area (Å²) in [6, 6.07) is 0.861. The third-order valence-corrected chi connectivity index (χ3v) is 3.05. The summed E-state index contributed by atoms with van der Waals surface area (Å²) in [6.45, 7) is 8.42. The van der Waals surface area contributed by atoms with Crippen molar-refractivity contribution < 1.29 is 18.9 Å². The van der Waals surface area contributed by atoms with Crippen molar-refractivity contribution in [3.8, 4) is 0 Å². The minimum Gasteiger partial charge on any atom is -0.360 e. The molecule has 1 atom stereocenters. The molecule has 1 unspecified atom stereocenters. The number of hydrogen-bond acceptors (Lipinski definition) is 5. The summed E-state index contributed by atoms with van der Waals surface area (Å²) in [5.41, 5.74) is -0.588. The molecule has 3 amide bonds. The van der Waals surface area contributed by atoms with E-state index in [1.54, 1.807) is 40.7 Å². The molecule has 0 radical (unpaired) electrons. The molecular formula is C15H24N4O4. The summed E-state index contributed by atoms with van der Waals surface area (Å²) >= 11 is 0. The van der Waals surface area contributed by atoms with Crippen molar-refractivity contribution >= 4 is 23.5 Å². The summed E-state index contributed by atoms with van der Waals surface area (Å²) in [7, 11) is 1.50. The molecule has 1 heterocycles. The van der Waals surface area contributed by atoms with Gasteiger partial charge in [-0.25, -0.2) is 0 Å². The van der Waals surface area contributed by atoms with Crippen LogP contribution in [-0.4, -0.2) is 47.4 Å². The summed E-state index contributed by atoms with van der Waals surface area (Å²) in [6.07, 6.45) is 0. The van der Waals surface area contributed by atoms with Gasteiger partial charge in [0.2, 0.25) is 17.7 Å². The minimum absolute atomic E-state index is 0.152. The number of hydrogen-bond donors (Lipinski definition) is 2. The first-order valence-electron chi connectivity index (χ1n) is 7.30. The van der Waals surface area contributed by atoms with Gasteiger partial charge in [0, 0.05) is 18.5 Å². The average Bonchev–Trinajstić information content (AvgIpc) is 2.81. The molecule has 1 aromatic rings. The molecule has 128 valence electrons. The zero-order chi connectivity index (χ0) is 17.8. The van der Waals surface area contributed by atoms with Crippen molar-refractivity contribution in [2.75, 3.05) is 18.9 Å². The minimum atomic E-state index is -0.714. The molecule has 8 heteroatoms. The molecule has 0 fully saturated rings. The van der Waals surface area contributed by atoms with E-state index in [1.807, 2.05) is 0 Å². The highest BCUT2D eigenvalue weighted by Gasteiger charge is 2.27. The maximum absolute atomic E-state index is 12.2. The van der Waals surface area contributed by atoms with Gasteiger partial charge in [-0.3, -0.25) is 14.4 Å². The topological polar surface area (TPSA) is 105 Å². The van der Waals surface area contributed by atoms with Crippen LogP contribution in [0.25, 0.3) is 0 Å². The first-order valence-corrected chi connectivity index (χ1v) is 7.30. The zero-order valence-corrected chi connectivity index (χ0v) is 14.4. The van der Waals surface area contributed by atoms with Crippen LogP contribution < -0.4 is 10.6 Å². The van der Waals surface area contributed by atoms with Crippen LogP contribution in [0.5, 0.6) is 0 Å². The standard InChI is InChI=1S/C15H24N4O4/c1-9-7-11(18-23-9)17-12(20)8-19(6)13(21)10(2)16-14(22)15(3,4)5/h7,10H,8H2,1-6H3,(H,16,22)(H,17,18,20). The van der Waals surface area contributed by atoms with Crippen LogP contribution in [-0.2, 0) is 14.4 Å². The van der Waals surface area contributed by atoms with E-state index in [0.717, 1.165) is 0 Å². The quantitative estimate of drug-likeness (QED) is 0.838. The lowest BCUT2D eigenvalue weighted by Crippen LogP contribution is -2.50. The molecule has 2 N–H and O–H groups in total. The molecule has 0 bridgehead atoms. The first kappa shape index (κ1) is 18.7. The summed E-state index contributed by atoms with van der Waals surface area (Å²) in [4.78, 5) is 37.2. The molecule has 0 aromatic carbocycles. The van der Waals surface area contributed by atoms with Gasteiger partial charge in [0.05, 0.1) is 6.54 Å². The number of amides is 3. The van der Waals surface area contributed by atoms with E-state index < -0.39 is 17.4 Å².